The maximum absolute atomic E-state index is 6.00. The Hall–Kier alpha value is -0.0800. The zero-order chi connectivity index (χ0) is 15.3. The Morgan fingerprint density at radius 1 is 0.857 bits per heavy atom. The molecule has 0 aromatic heterocycles. The lowest BCUT2D eigenvalue weighted by Gasteiger charge is -2.27. The van der Waals surface area contributed by atoms with Gasteiger partial charge in [0.05, 0.1) is 12.2 Å². The first kappa shape index (κ1) is 19.0. The van der Waals surface area contributed by atoms with Crippen LogP contribution in [0.3, 0.4) is 0 Å². The molecule has 0 radical (unpaired) electrons. The summed E-state index contributed by atoms with van der Waals surface area (Å²) in [4.78, 5) is 0. The van der Waals surface area contributed by atoms with Crippen molar-refractivity contribution in [1.29, 1.82) is 0 Å². The first-order valence-electron chi connectivity index (χ1n) is 9.49. The highest BCUT2D eigenvalue weighted by Crippen LogP contribution is 2.25. The van der Waals surface area contributed by atoms with E-state index in [4.69, 9.17) is 9.47 Å². The second-order valence-electron chi connectivity index (χ2n) is 6.95. The van der Waals surface area contributed by atoms with Crippen LogP contribution in [0.5, 0.6) is 0 Å². The fourth-order valence-corrected chi connectivity index (χ4v) is 3.24. The maximum Gasteiger partial charge on any atom is 0.147 e. The average Bonchev–Trinajstić information content (AvgIpc) is 2.49. The van der Waals surface area contributed by atoms with E-state index in [-0.39, 0.29) is 0 Å². The summed E-state index contributed by atoms with van der Waals surface area (Å²) in [6.45, 7) is 7.38. The second-order valence-corrected chi connectivity index (χ2v) is 6.95. The molecule has 0 spiro atoms. The van der Waals surface area contributed by atoms with Gasteiger partial charge >= 0.3 is 0 Å². The molecular weight excluding hydrogens is 260 g/mol. The average molecular weight is 299 g/mol. The third kappa shape index (κ3) is 9.52. The molecule has 21 heavy (non-hydrogen) atoms. The summed E-state index contributed by atoms with van der Waals surface area (Å²) in [6, 6.07) is 0. The van der Waals surface area contributed by atoms with Crippen molar-refractivity contribution in [3.63, 3.8) is 0 Å². The zero-order valence-corrected chi connectivity index (χ0v) is 14.7. The Kier molecular flexibility index (Phi) is 11.3. The maximum atomic E-state index is 6.00. The molecule has 0 saturated heterocycles. The number of rotatable bonds is 12. The van der Waals surface area contributed by atoms with E-state index in [1.807, 2.05) is 0 Å². The Balaban J connectivity index is 2.06. The minimum Gasteiger partial charge on any atom is -0.352 e. The normalized spacial score (nSPS) is 24.1. The first-order chi connectivity index (χ1) is 10.3. The number of unbranched alkanes of at least 4 members (excludes halogenated alkanes) is 4. The lowest BCUT2D eigenvalue weighted by molar-refractivity contribution is -0.130. The highest BCUT2D eigenvalue weighted by molar-refractivity contribution is 4.69. The molecule has 1 aliphatic carbocycles. The topological polar surface area (TPSA) is 18.5 Å². The number of hydrogen-bond donors (Lipinski definition) is 0. The predicted octanol–water partition coefficient (Wildman–Crippen LogP) is 6.09. The Morgan fingerprint density at radius 2 is 1.57 bits per heavy atom. The van der Waals surface area contributed by atoms with Gasteiger partial charge in [-0.2, -0.15) is 0 Å². The SMILES string of the molecule is CCCCCCC[C@@H](CCC)OCOC1CCC(C)CC1. The summed E-state index contributed by atoms with van der Waals surface area (Å²) < 4.78 is 11.9. The van der Waals surface area contributed by atoms with E-state index in [2.05, 4.69) is 20.8 Å². The van der Waals surface area contributed by atoms with E-state index < -0.39 is 0 Å². The van der Waals surface area contributed by atoms with Crippen LogP contribution in [0.15, 0.2) is 0 Å². The van der Waals surface area contributed by atoms with Gasteiger partial charge in [-0.3, -0.25) is 0 Å². The van der Waals surface area contributed by atoms with E-state index in [0.717, 1.165) is 5.92 Å². The van der Waals surface area contributed by atoms with Crippen LogP contribution in [-0.2, 0) is 9.47 Å². The van der Waals surface area contributed by atoms with E-state index in [1.54, 1.807) is 0 Å². The molecule has 1 saturated carbocycles. The molecule has 1 atom stereocenters. The zero-order valence-electron chi connectivity index (χ0n) is 14.7. The van der Waals surface area contributed by atoms with Gasteiger partial charge in [0.25, 0.3) is 0 Å². The van der Waals surface area contributed by atoms with Crippen LogP contribution in [0.4, 0.5) is 0 Å². The molecule has 1 aliphatic rings. The molecule has 0 amide bonds. The van der Waals surface area contributed by atoms with E-state index >= 15 is 0 Å². The van der Waals surface area contributed by atoms with Gasteiger partial charge in [0.1, 0.15) is 6.79 Å². The van der Waals surface area contributed by atoms with E-state index in [9.17, 15) is 0 Å². The summed E-state index contributed by atoms with van der Waals surface area (Å²) in [5, 5.41) is 0. The van der Waals surface area contributed by atoms with Gasteiger partial charge in [-0.15, -0.1) is 0 Å². The van der Waals surface area contributed by atoms with Crippen molar-refractivity contribution in [3.05, 3.63) is 0 Å². The molecule has 0 aromatic carbocycles. The van der Waals surface area contributed by atoms with Gasteiger partial charge in [0, 0.05) is 0 Å². The molecule has 0 aromatic rings. The van der Waals surface area contributed by atoms with Crippen LogP contribution >= 0.6 is 0 Å². The van der Waals surface area contributed by atoms with Gasteiger partial charge in [-0.1, -0.05) is 59.3 Å². The fraction of sp³-hybridized carbons (Fsp3) is 1.00. The van der Waals surface area contributed by atoms with Crippen LogP contribution in [0.2, 0.25) is 0 Å². The highest BCUT2D eigenvalue weighted by atomic mass is 16.7. The van der Waals surface area contributed by atoms with Crippen molar-refractivity contribution >= 4 is 0 Å². The third-order valence-corrected chi connectivity index (χ3v) is 4.81. The van der Waals surface area contributed by atoms with Crippen molar-refractivity contribution in [2.75, 3.05) is 6.79 Å². The Labute approximate surface area is 133 Å². The smallest absolute Gasteiger partial charge is 0.147 e. The summed E-state index contributed by atoms with van der Waals surface area (Å²) in [5.74, 6) is 0.890. The van der Waals surface area contributed by atoms with Gasteiger partial charge in [-0.25, -0.2) is 0 Å². The third-order valence-electron chi connectivity index (χ3n) is 4.81. The van der Waals surface area contributed by atoms with Gasteiger partial charge in [0.2, 0.25) is 0 Å². The fourth-order valence-electron chi connectivity index (χ4n) is 3.24. The molecule has 2 nitrogen and oxygen atoms in total. The van der Waals surface area contributed by atoms with Gasteiger partial charge in [0.15, 0.2) is 0 Å². The van der Waals surface area contributed by atoms with Crippen LogP contribution in [0.1, 0.15) is 97.8 Å². The summed E-state index contributed by atoms with van der Waals surface area (Å²) >= 11 is 0. The summed E-state index contributed by atoms with van der Waals surface area (Å²) in [6.07, 6.45) is 16.3. The first-order valence-corrected chi connectivity index (χ1v) is 9.49. The largest absolute Gasteiger partial charge is 0.352 e. The molecule has 2 heteroatoms. The molecule has 0 aliphatic heterocycles. The second kappa shape index (κ2) is 12.5. The molecule has 0 bridgehead atoms. The van der Waals surface area contributed by atoms with Crippen LogP contribution in [0, 0.1) is 5.92 Å². The van der Waals surface area contributed by atoms with Gasteiger partial charge < -0.3 is 9.47 Å². The Bertz CT molecular complexity index is 222. The van der Waals surface area contributed by atoms with Crippen molar-refractivity contribution < 1.29 is 9.47 Å². The molecule has 0 unspecified atom stereocenters. The van der Waals surface area contributed by atoms with Crippen molar-refractivity contribution in [2.24, 2.45) is 5.92 Å². The number of hydrogen-bond acceptors (Lipinski definition) is 2. The van der Waals surface area contributed by atoms with Crippen LogP contribution in [0.25, 0.3) is 0 Å². The molecule has 0 heterocycles. The quantitative estimate of drug-likeness (QED) is 0.321. The number of ether oxygens (including phenoxy) is 2. The van der Waals surface area contributed by atoms with Crippen molar-refractivity contribution in [1.82, 2.24) is 0 Å². The summed E-state index contributed by atoms with van der Waals surface area (Å²) in [7, 11) is 0. The van der Waals surface area contributed by atoms with Crippen molar-refractivity contribution in [3.8, 4) is 0 Å². The highest BCUT2D eigenvalue weighted by Gasteiger charge is 2.19. The molecule has 1 rings (SSSR count). The van der Waals surface area contributed by atoms with Crippen LogP contribution < -0.4 is 0 Å². The van der Waals surface area contributed by atoms with E-state index in [0.29, 0.717) is 19.0 Å². The molecule has 1 fully saturated rings. The van der Waals surface area contributed by atoms with Crippen LogP contribution in [-0.4, -0.2) is 19.0 Å². The lowest BCUT2D eigenvalue weighted by atomic mass is 9.89. The molecular formula is C19H38O2. The Morgan fingerprint density at radius 3 is 2.24 bits per heavy atom. The predicted molar refractivity (Wildman–Crippen MR) is 90.5 cm³/mol. The summed E-state index contributed by atoms with van der Waals surface area (Å²) in [5.41, 5.74) is 0. The molecule has 0 N–H and O–H groups in total. The monoisotopic (exact) mass is 298 g/mol. The lowest BCUT2D eigenvalue weighted by Crippen LogP contribution is -2.23. The van der Waals surface area contributed by atoms with Gasteiger partial charge in [-0.05, 0) is 44.4 Å². The van der Waals surface area contributed by atoms with E-state index in [1.165, 1.54) is 77.0 Å². The minimum atomic E-state index is 0.416. The minimum absolute atomic E-state index is 0.416. The van der Waals surface area contributed by atoms with Crippen molar-refractivity contribution in [2.45, 2.75) is 110 Å². The molecule has 126 valence electrons. The standard InChI is InChI=1S/C19H38O2/c1-4-6-7-8-9-11-18(10-5-2)20-16-21-19-14-12-17(3)13-15-19/h17-19H,4-16H2,1-3H3/t17?,18-,19?/m1/s1.